The Morgan fingerprint density at radius 1 is 1.00 bits per heavy atom. The van der Waals surface area contributed by atoms with Crippen LogP contribution in [0.3, 0.4) is 0 Å². The fraction of sp³-hybridized carbons (Fsp3) is 1.00. The Hall–Kier alpha value is -0.120. The van der Waals surface area contributed by atoms with Gasteiger partial charge in [-0.2, -0.15) is 0 Å². The molecule has 3 nitrogen and oxygen atoms in total. The SMILES string of the molecule is CC.CN1CCN(C2CNC2)CC1. The molecule has 0 aliphatic carbocycles. The van der Waals surface area contributed by atoms with Gasteiger partial charge in [-0.05, 0) is 7.05 Å². The summed E-state index contributed by atoms with van der Waals surface area (Å²) in [6.45, 7) is 11.5. The first-order chi connectivity index (χ1) is 6.36. The van der Waals surface area contributed by atoms with Gasteiger partial charge in [-0.15, -0.1) is 0 Å². The molecule has 0 unspecified atom stereocenters. The van der Waals surface area contributed by atoms with Crippen molar-refractivity contribution in [2.45, 2.75) is 19.9 Å². The van der Waals surface area contributed by atoms with Crippen molar-refractivity contribution in [1.82, 2.24) is 15.1 Å². The maximum Gasteiger partial charge on any atom is 0.0346 e. The van der Waals surface area contributed by atoms with Crippen LogP contribution in [0.4, 0.5) is 0 Å². The summed E-state index contributed by atoms with van der Waals surface area (Å²) >= 11 is 0. The molecule has 78 valence electrons. The number of rotatable bonds is 1. The lowest BCUT2D eigenvalue weighted by molar-refractivity contribution is 0.0844. The molecule has 2 aliphatic heterocycles. The van der Waals surface area contributed by atoms with E-state index in [1.807, 2.05) is 13.8 Å². The molecule has 0 radical (unpaired) electrons. The third-order valence-electron chi connectivity index (χ3n) is 2.81. The maximum absolute atomic E-state index is 3.31. The Balaban J connectivity index is 0.000000396. The Kier molecular flexibility index (Phi) is 4.70. The number of hydrogen-bond donors (Lipinski definition) is 1. The summed E-state index contributed by atoms with van der Waals surface area (Å²) < 4.78 is 0. The van der Waals surface area contributed by atoms with E-state index in [1.54, 1.807) is 0 Å². The lowest BCUT2D eigenvalue weighted by Crippen LogP contribution is -2.61. The van der Waals surface area contributed by atoms with Crippen LogP contribution in [0.15, 0.2) is 0 Å². The monoisotopic (exact) mass is 185 g/mol. The number of hydrogen-bond acceptors (Lipinski definition) is 3. The summed E-state index contributed by atoms with van der Waals surface area (Å²) in [5, 5.41) is 3.31. The lowest BCUT2D eigenvalue weighted by atomic mass is 10.1. The zero-order chi connectivity index (χ0) is 9.68. The largest absolute Gasteiger partial charge is 0.314 e. The smallest absolute Gasteiger partial charge is 0.0346 e. The van der Waals surface area contributed by atoms with E-state index in [9.17, 15) is 0 Å². The van der Waals surface area contributed by atoms with Crippen molar-refractivity contribution in [1.29, 1.82) is 0 Å². The van der Waals surface area contributed by atoms with Gasteiger partial charge >= 0.3 is 0 Å². The molecular formula is C10H23N3. The second kappa shape index (κ2) is 5.58. The van der Waals surface area contributed by atoms with E-state index < -0.39 is 0 Å². The Morgan fingerprint density at radius 2 is 1.54 bits per heavy atom. The van der Waals surface area contributed by atoms with Crippen LogP contribution in [-0.2, 0) is 0 Å². The minimum absolute atomic E-state index is 0.851. The Morgan fingerprint density at radius 3 is 1.92 bits per heavy atom. The molecular weight excluding hydrogens is 162 g/mol. The molecule has 1 N–H and O–H groups in total. The zero-order valence-corrected chi connectivity index (χ0v) is 9.21. The fourth-order valence-corrected chi connectivity index (χ4v) is 1.72. The molecule has 0 aromatic carbocycles. The molecule has 2 rings (SSSR count). The molecule has 2 heterocycles. The lowest BCUT2D eigenvalue weighted by Gasteiger charge is -2.42. The third kappa shape index (κ3) is 2.93. The fourth-order valence-electron chi connectivity index (χ4n) is 1.72. The van der Waals surface area contributed by atoms with Crippen molar-refractivity contribution in [3.63, 3.8) is 0 Å². The number of piperazine rings is 1. The first-order valence-corrected chi connectivity index (χ1v) is 5.49. The molecule has 0 amide bonds. The summed E-state index contributed by atoms with van der Waals surface area (Å²) in [6.07, 6.45) is 0. The molecule has 0 saturated carbocycles. The summed E-state index contributed by atoms with van der Waals surface area (Å²) in [5.41, 5.74) is 0. The number of likely N-dealkylation sites (N-methyl/N-ethyl adjacent to an activating group) is 1. The highest BCUT2D eigenvalue weighted by molar-refractivity contribution is 4.86. The number of nitrogens with zero attached hydrogens (tertiary/aromatic N) is 2. The molecule has 13 heavy (non-hydrogen) atoms. The molecule has 3 heteroatoms. The molecule has 0 aromatic rings. The quantitative estimate of drug-likeness (QED) is 0.631. The van der Waals surface area contributed by atoms with Gasteiger partial charge in [-0.25, -0.2) is 0 Å². The van der Waals surface area contributed by atoms with Crippen LogP contribution < -0.4 is 5.32 Å². The van der Waals surface area contributed by atoms with E-state index in [4.69, 9.17) is 0 Å². The van der Waals surface area contributed by atoms with E-state index >= 15 is 0 Å². The van der Waals surface area contributed by atoms with Crippen molar-refractivity contribution in [3.8, 4) is 0 Å². The summed E-state index contributed by atoms with van der Waals surface area (Å²) in [6, 6.07) is 0.851. The van der Waals surface area contributed by atoms with Crippen LogP contribution >= 0.6 is 0 Å². The second-order valence-electron chi connectivity index (χ2n) is 3.65. The van der Waals surface area contributed by atoms with Gasteiger partial charge in [0.15, 0.2) is 0 Å². The van der Waals surface area contributed by atoms with Crippen molar-refractivity contribution in [2.75, 3.05) is 46.3 Å². The predicted octanol–water partition coefficient (Wildman–Crippen LogP) is 0.232. The highest BCUT2D eigenvalue weighted by atomic mass is 15.3. The maximum atomic E-state index is 3.31. The first kappa shape index (κ1) is 11.0. The highest BCUT2D eigenvalue weighted by Crippen LogP contribution is 2.07. The van der Waals surface area contributed by atoms with Gasteiger partial charge in [0.25, 0.3) is 0 Å². The molecule has 2 aliphatic rings. The average molecular weight is 185 g/mol. The van der Waals surface area contributed by atoms with Crippen molar-refractivity contribution in [2.24, 2.45) is 0 Å². The van der Waals surface area contributed by atoms with Gasteiger partial charge in [0.05, 0.1) is 0 Å². The molecule has 2 saturated heterocycles. The Bertz CT molecular complexity index is 126. The summed E-state index contributed by atoms with van der Waals surface area (Å²) in [4.78, 5) is 5.01. The van der Waals surface area contributed by atoms with Crippen LogP contribution in [0.1, 0.15) is 13.8 Å². The van der Waals surface area contributed by atoms with E-state index in [0.29, 0.717) is 0 Å². The van der Waals surface area contributed by atoms with Crippen LogP contribution in [0, 0.1) is 0 Å². The summed E-state index contributed by atoms with van der Waals surface area (Å²) in [5.74, 6) is 0. The van der Waals surface area contributed by atoms with Crippen molar-refractivity contribution < 1.29 is 0 Å². The molecule has 0 aromatic heterocycles. The van der Waals surface area contributed by atoms with Crippen molar-refractivity contribution >= 4 is 0 Å². The second-order valence-corrected chi connectivity index (χ2v) is 3.65. The Labute approximate surface area is 82.1 Å². The molecule has 0 spiro atoms. The van der Waals surface area contributed by atoms with Crippen LogP contribution in [-0.4, -0.2) is 62.2 Å². The minimum atomic E-state index is 0.851. The molecule has 2 fully saturated rings. The predicted molar refractivity (Wildman–Crippen MR) is 57.1 cm³/mol. The molecule has 0 atom stereocenters. The molecule has 0 bridgehead atoms. The van der Waals surface area contributed by atoms with Crippen molar-refractivity contribution in [3.05, 3.63) is 0 Å². The standard InChI is InChI=1S/C8H17N3.C2H6/c1-10-2-4-11(5-3-10)8-6-9-7-8;1-2/h8-9H,2-7H2,1H3;1-2H3. The van der Waals surface area contributed by atoms with E-state index in [0.717, 1.165) is 6.04 Å². The van der Waals surface area contributed by atoms with Gasteiger partial charge in [0, 0.05) is 45.3 Å². The van der Waals surface area contributed by atoms with E-state index in [1.165, 1.54) is 39.3 Å². The summed E-state index contributed by atoms with van der Waals surface area (Å²) in [7, 11) is 2.20. The van der Waals surface area contributed by atoms with Crippen LogP contribution in [0.25, 0.3) is 0 Å². The van der Waals surface area contributed by atoms with Gasteiger partial charge in [0.1, 0.15) is 0 Å². The van der Waals surface area contributed by atoms with E-state index in [-0.39, 0.29) is 0 Å². The normalized spacial score (nSPS) is 26.1. The number of nitrogens with one attached hydrogen (secondary N) is 1. The van der Waals surface area contributed by atoms with Gasteiger partial charge < -0.3 is 10.2 Å². The highest BCUT2D eigenvalue weighted by Gasteiger charge is 2.26. The van der Waals surface area contributed by atoms with E-state index in [2.05, 4.69) is 22.2 Å². The van der Waals surface area contributed by atoms with Crippen LogP contribution in [0.2, 0.25) is 0 Å². The average Bonchev–Trinajstić information content (AvgIpc) is 2.09. The van der Waals surface area contributed by atoms with Gasteiger partial charge in [0.2, 0.25) is 0 Å². The van der Waals surface area contributed by atoms with Gasteiger partial charge in [-0.3, -0.25) is 4.90 Å². The van der Waals surface area contributed by atoms with Crippen LogP contribution in [0.5, 0.6) is 0 Å². The zero-order valence-electron chi connectivity index (χ0n) is 9.21. The topological polar surface area (TPSA) is 18.5 Å². The minimum Gasteiger partial charge on any atom is -0.314 e. The first-order valence-electron chi connectivity index (χ1n) is 5.49. The third-order valence-corrected chi connectivity index (χ3v) is 2.81. The van der Waals surface area contributed by atoms with Gasteiger partial charge in [-0.1, -0.05) is 13.8 Å².